The molecule has 116 valence electrons. The van der Waals surface area contributed by atoms with Crippen molar-refractivity contribution >= 4 is 8.32 Å². The Balaban J connectivity index is 1.64. The Morgan fingerprint density at radius 3 is 2.20 bits per heavy atom. The number of rotatable bonds is 3. The molecule has 1 saturated carbocycles. The van der Waals surface area contributed by atoms with E-state index in [2.05, 4.69) is 33.9 Å². The minimum Gasteiger partial charge on any atom is -0.416 e. The number of ether oxygens (including phenoxy) is 3. The molecule has 0 aromatic heterocycles. The molecule has 5 atom stereocenters. The molecule has 3 aliphatic rings. The minimum absolute atomic E-state index is 0.100. The molecule has 3 rings (SSSR count). The predicted octanol–water partition coefficient (Wildman–Crippen LogP) is 2.93. The molecule has 2 aliphatic heterocycles. The molecule has 0 radical (unpaired) electrons. The van der Waals surface area contributed by atoms with Crippen molar-refractivity contribution in [1.29, 1.82) is 0 Å². The summed E-state index contributed by atoms with van der Waals surface area (Å²) in [5, 5.41) is 0.237. The molecular weight excluding hydrogens is 272 g/mol. The summed E-state index contributed by atoms with van der Waals surface area (Å²) < 4.78 is 24.2. The van der Waals surface area contributed by atoms with E-state index in [4.69, 9.17) is 18.6 Å². The van der Waals surface area contributed by atoms with Gasteiger partial charge in [0.1, 0.15) is 12.2 Å². The fourth-order valence-electron chi connectivity index (χ4n) is 3.05. The van der Waals surface area contributed by atoms with E-state index in [9.17, 15) is 0 Å². The lowest BCUT2D eigenvalue weighted by Gasteiger charge is -2.37. The third-order valence-electron chi connectivity index (χ3n) is 5.34. The van der Waals surface area contributed by atoms with Gasteiger partial charge in [-0.1, -0.05) is 20.8 Å². The lowest BCUT2D eigenvalue weighted by Crippen LogP contribution is -2.44. The van der Waals surface area contributed by atoms with E-state index >= 15 is 0 Å². The van der Waals surface area contributed by atoms with E-state index in [1.807, 2.05) is 13.8 Å². The maximum atomic E-state index is 6.37. The predicted molar refractivity (Wildman–Crippen MR) is 79.1 cm³/mol. The van der Waals surface area contributed by atoms with Crippen LogP contribution in [0.15, 0.2) is 0 Å². The largest absolute Gasteiger partial charge is 0.416 e. The van der Waals surface area contributed by atoms with Crippen LogP contribution in [0.5, 0.6) is 0 Å². The SMILES string of the molecule is CC1(C)OC2[C@@H](CO[Si](C)(C)C(C)(C)C)[C@H]3O[C@H]3[C@H]2O1. The number of fused-ring (bicyclic) bond motifs is 3. The van der Waals surface area contributed by atoms with Crippen molar-refractivity contribution in [2.24, 2.45) is 5.92 Å². The van der Waals surface area contributed by atoms with E-state index < -0.39 is 14.1 Å². The second kappa shape index (κ2) is 4.29. The van der Waals surface area contributed by atoms with Crippen LogP contribution >= 0.6 is 0 Å². The molecule has 0 aromatic carbocycles. The van der Waals surface area contributed by atoms with Crippen molar-refractivity contribution in [3.05, 3.63) is 0 Å². The van der Waals surface area contributed by atoms with Gasteiger partial charge in [-0.25, -0.2) is 0 Å². The molecule has 0 N–H and O–H groups in total. The van der Waals surface area contributed by atoms with Gasteiger partial charge in [-0.15, -0.1) is 0 Å². The van der Waals surface area contributed by atoms with Gasteiger partial charge in [0.15, 0.2) is 14.1 Å². The number of hydrogen-bond acceptors (Lipinski definition) is 4. The lowest BCUT2D eigenvalue weighted by molar-refractivity contribution is -0.154. The van der Waals surface area contributed by atoms with Gasteiger partial charge >= 0.3 is 0 Å². The minimum atomic E-state index is -1.72. The second-order valence-corrected chi connectivity index (χ2v) is 13.2. The van der Waals surface area contributed by atoms with E-state index in [0.717, 1.165) is 6.61 Å². The van der Waals surface area contributed by atoms with Crippen LogP contribution in [-0.4, -0.2) is 45.1 Å². The van der Waals surface area contributed by atoms with E-state index in [-0.39, 0.29) is 29.5 Å². The molecule has 0 amide bonds. The molecule has 0 spiro atoms. The van der Waals surface area contributed by atoms with Crippen molar-refractivity contribution in [3.63, 3.8) is 0 Å². The maximum absolute atomic E-state index is 6.37. The Morgan fingerprint density at radius 1 is 1.00 bits per heavy atom. The summed E-state index contributed by atoms with van der Waals surface area (Å²) in [4.78, 5) is 0. The summed E-state index contributed by atoms with van der Waals surface area (Å²) in [5.41, 5.74) is 0. The molecule has 2 heterocycles. The quantitative estimate of drug-likeness (QED) is 0.593. The molecular formula is C15H28O4Si. The Kier molecular flexibility index (Phi) is 3.21. The van der Waals surface area contributed by atoms with Crippen LogP contribution in [0.3, 0.4) is 0 Å². The van der Waals surface area contributed by atoms with Gasteiger partial charge in [-0.3, -0.25) is 0 Å². The van der Waals surface area contributed by atoms with Crippen molar-refractivity contribution < 1.29 is 18.6 Å². The third kappa shape index (κ3) is 2.37. The molecule has 5 heteroatoms. The zero-order chi connectivity index (χ0) is 14.9. The fourth-order valence-corrected chi connectivity index (χ4v) is 4.09. The number of hydrogen-bond donors (Lipinski definition) is 0. The molecule has 0 aromatic rings. The van der Waals surface area contributed by atoms with Gasteiger partial charge in [0, 0.05) is 12.5 Å². The lowest BCUT2D eigenvalue weighted by atomic mass is 10.1. The van der Waals surface area contributed by atoms with Crippen molar-refractivity contribution in [1.82, 2.24) is 0 Å². The first-order valence-corrected chi connectivity index (χ1v) is 10.6. The highest BCUT2D eigenvalue weighted by molar-refractivity contribution is 6.74. The van der Waals surface area contributed by atoms with Gasteiger partial charge in [0.05, 0.1) is 12.2 Å². The Bertz CT molecular complexity index is 401. The molecule has 20 heavy (non-hydrogen) atoms. The first kappa shape index (κ1) is 15.0. The first-order chi connectivity index (χ1) is 9.02. The second-order valence-electron chi connectivity index (χ2n) is 8.37. The maximum Gasteiger partial charge on any atom is 0.191 e. The molecule has 1 unspecified atom stereocenters. The summed E-state index contributed by atoms with van der Waals surface area (Å²) in [5.74, 6) is -0.164. The van der Waals surface area contributed by atoms with Crippen molar-refractivity contribution in [2.75, 3.05) is 6.61 Å². The Hall–Kier alpha value is 0.0569. The third-order valence-corrected chi connectivity index (χ3v) is 9.84. The molecule has 4 nitrogen and oxygen atoms in total. The fraction of sp³-hybridized carbons (Fsp3) is 1.00. The zero-order valence-corrected chi connectivity index (χ0v) is 14.7. The van der Waals surface area contributed by atoms with Crippen LogP contribution in [0.1, 0.15) is 34.6 Å². The zero-order valence-electron chi connectivity index (χ0n) is 13.7. The molecule has 0 bridgehead atoms. The smallest absolute Gasteiger partial charge is 0.191 e. The van der Waals surface area contributed by atoms with Gasteiger partial charge in [0.25, 0.3) is 0 Å². The van der Waals surface area contributed by atoms with Crippen LogP contribution < -0.4 is 0 Å². The van der Waals surface area contributed by atoms with Gasteiger partial charge < -0.3 is 18.6 Å². The van der Waals surface area contributed by atoms with Crippen LogP contribution in [0.4, 0.5) is 0 Å². The Morgan fingerprint density at radius 2 is 1.60 bits per heavy atom. The Labute approximate surface area is 123 Å². The molecule has 3 fully saturated rings. The summed E-state index contributed by atoms with van der Waals surface area (Å²) in [6.45, 7) is 16.1. The summed E-state index contributed by atoms with van der Waals surface area (Å²) in [7, 11) is -1.72. The van der Waals surface area contributed by atoms with Gasteiger partial charge in [-0.2, -0.15) is 0 Å². The highest BCUT2D eigenvalue weighted by atomic mass is 28.4. The van der Waals surface area contributed by atoms with E-state index in [1.54, 1.807) is 0 Å². The normalized spacial score (nSPS) is 42.5. The van der Waals surface area contributed by atoms with Crippen molar-refractivity contribution in [2.45, 2.75) is 83.0 Å². The number of epoxide rings is 1. The summed E-state index contributed by atoms with van der Waals surface area (Å²) >= 11 is 0. The van der Waals surface area contributed by atoms with E-state index in [0.29, 0.717) is 5.92 Å². The summed E-state index contributed by atoms with van der Waals surface area (Å²) in [6, 6.07) is 0. The molecule has 1 aliphatic carbocycles. The first-order valence-electron chi connectivity index (χ1n) is 7.67. The monoisotopic (exact) mass is 300 g/mol. The standard InChI is InChI=1S/C15H28O4Si/c1-14(2,3)20(6,7)16-8-9-10-12(17-10)13-11(9)18-15(4,5)19-13/h9-13H,8H2,1-7H3/t9-,10+,11?,12+,13-/m0/s1. The highest BCUT2D eigenvalue weighted by Gasteiger charge is 2.68. The summed E-state index contributed by atoms with van der Waals surface area (Å²) in [6.07, 6.45) is 0.752. The van der Waals surface area contributed by atoms with Gasteiger partial charge in [-0.05, 0) is 32.0 Å². The van der Waals surface area contributed by atoms with Crippen molar-refractivity contribution in [3.8, 4) is 0 Å². The van der Waals surface area contributed by atoms with Crippen LogP contribution in [0, 0.1) is 5.92 Å². The highest BCUT2D eigenvalue weighted by Crippen LogP contribution is 2.52. The van der Waals surface area contributed by atoms with Gasteiger partial charge in [0.2, 0.25) is 0 Å². The topological polar surface area (TPSA) is 40.2 Å². The molecule has 2 saturated heterocycles. The average molecular weight is 300 g/mol. The van der Waals surface area contributed by atoms with Crippen LogP contribution in [0.2, 0.25) is 18.1 Å². The van der Waals surface area contributed by atoms with Crippen LogP contribution in [-0.2, 0) is 18.6 Å². The van der Waals surface area contributed by atoms with E-state index in [1.165, 1.54) is 0 Å². The average Bonchev–Trinajstić information content (AvgIpc) is 2.89. The van der Waals surface area contributed by atoms with Crippen LogP contribution in [0.25, 0.3) is 0 Å².